The molecule has 0 bridgehead atoms. The number of phenolic OH excluding ortho intramolecular Hbond substituents is 2. The summed E-state index contributed by atoms with van der Waals surface area (Å²) in [6.07, 6.45) is 6.64. The third kappa shape index (κ3) is 6.84. The van der Waals surface area contributed by atoms with E-state index in [0.29, 0.717) is 24.2 Å². The Morgan fingerprint density at radius 1 is 0.780 bits per heavy atom. The van der Waals surface area contributed by atoms with Crippen LogP contribution in [0.4, 0.5) is 0 Å². The van der Waals surface area contributed by atoms with Crippen LogP contribution in [0.3, 0.4) is 0 Å². The summed E-state index contributed by atoms with van der Waals surface area (Å²) < 4.78 is 29.6. The van der Waals surface area contributed by atoms with Crippen LogP contribution in [-0.2, 0) is 26.0 Å². The minimum absolute atomic E-state index is 0.0683. The Hall–Kier alpha value is -5.48. The largest absolute Gasteiger partial charge is 0.508 e. The molecule has 1 atom stereocenters. The van der Waals surface area contributed by atoms with Crippen molar-refractivity contribution >= 4 is 38.8 Å². The van der Waals surface area contributed by atoms with Gasteiger partial charge in [-0.05, 0) is 148 Å². The number of nitrogens with zero attached hydrogens (tertiary/aromatic N) is 3. The molecule has 5 aromatic rings. The highest BCUT2D eigenvalue weighted by atomic mass is 32.2. The zero-order chi connectivity index (χ0) is 35.7. The van der Waals surface area contributed by atoms with Crippen molar-refractivity contribution in [1.82, 2.24) is 13.8 Å². The van der Waals surface area contributed by atoms with Crippen molar-refractivity contribution in [2.45, 2.75) is 58.3 Å². The Morgan fingerprint density at radius 2 is 1.36 bits per heavy atom. The molecule has 0 saturated carbocycles. The number of hydrogen-bond donors (Lipinski definition) is 2. The lowest BCUT2D eigenvalue weighted by atomic mass is 9.84. The summed E-state index contributed by atoms with van der Waals surface area (Å²) >= 11 is 0. The Morgan fingerprint density at radius 3 is 1.90 bits per heavy atom. The predicted octanol–water partition coefficient (Wildman–Crippen LogP) is 7.37. The van der Waals surface area contributed by atoms with E-state index < -0.39 is 15.9 Å². The standard InChI is InChI=1S/C26H25N3O3S.C14H14O3/c1-17-7-8-18(2)29(17)33(31,32)24-12-10-22(11-13-24)28-26-16-21(9-14-25(26)19(3)27-28)20-5-4-6-23(30)15-20;1-9(15)13-6-5-11(8-14(13)17)10-3-2-4-12(16)7-10/h4-8,10-13,15-16,30H,9,14H2,1-3H3;2-4,7-8,13,16H,5-6H2,1H3. The predicted molar refractivity (Wildman–Crippen MR) is 194 cm³/mol. The van der Waals surface area contributed by atoms with Gasteiger partial charge in [0.15, 0.2) is 5.78 Å². The fourth-order valence-electron chi connectivity index (χ4n) is 6.68. The molecule has 50 heavy (non-hydrogen) atoms. The number of hydrogen-bond acceptors (Lipinski definition) is 7. The first-order chi connectivity index (χ1) is 23.8. The molecule has 9 nitrogen and oxygen atoms in total. The van der Waals surface area contributed by atoms with Gasteiger partial charge in [-0.15, -0.1) is 0 Å². The summed E-state index contributed by atoms with van der Waals surface area (Å²) in [5, 5.41) is 24.0. The average molecular weight is 690 g/mol. The van der Waals surface area contributed by atoms with Crippen molar-refractivity contribution in [3.8, 4) is 17.2 Å². The summed E-state index contributed by atoms with van der Waals surface area (Å²) in [5.41, 5.74) is 9.17. The number of aromatic nitrogens is 3. The lowest BCUT2D eigenvalue weighted by Crippen LogP contribution is -2.23. The van der Waals surface area contributed by atoms with E-state index in [-0.39, 0.29) is 28.0 Å². The number of ketones is 2. The van der Waals surface area contributed by atoms with Crippen molar-refractivity contribution in [2.75, 3.05) is 0 Å². The first kappa shape index (κ1) is 34.4. The van der Waals surface area contributed by atoms with Gasteiger partial charge in [-0.25, -0.2) is 17.1 Å². The summed E-state index contributed by atoms with van der Waals surface area (Å²) in [6.45, 7) is 7.02. The minimum atomic E-state index is -3.67. The van der Waals surface area contributed by atoms with Gasteiger partial charge in [0.1, 0.15) is 17.3 Å². The van der Waals surface area contributed by atoms with Crippen molar-refractivity contribution in [1.29, 1.82) is 0 Å². The lowest BCUT2D eigenvalue weighted by molar-refractivity contribution is -0.129. The maximum Gasteiger partial charge on any atom is 0.268 e. The van der Waals surface area contributed by atoms with Gasteiger partial charge < -0.3 is 10.2 Å². The molecule has 0 amide bonds. The summed E-state index contributed by atoms with van der Waals surface area (Å²) in [4.78, 5) is 23.2. The van der Waals surface area contributed by atoms with E-state index in [2.05, 4.69) is 6.08 Å². The normalized spacial score (nSPS) is 15.8. The van der Waals surface area contributed by atoms with E-state index in [1.54, 1.807) is 80.6 Å². The van der Waals surface area contributed by atoms with Crippen LogP contribution in [-0.4, -0.2) is 44.0 Å². The average Bonchev–Trinajstić information content (AvgIpc) is 3.62. The van der Waals surface area contributed by atoms with E-state index in [1.807, 2.05) is 29.8 Å². The van der Waals surface area contributed by atoms with E-state index in [1.165, 1.54) is 22.5 Å². The Labute approximate surface area is 291 Å². The number of benzene rings is 3. The third-order valence-corrected chi connectivity index (χ3v) is 11.2. The first-order valence-corrected chi connectivity index (χ1v) is 17.9. The smallest absolute Gasteiger partial charge is 0.268 e. The zero-order valence-electron chi connectivity index (χ0n) is 28.4. The summed E-state index contributed by atoms with van der Waals surface area (Å²) in [6, 6.07) is 24.6. The SMILES string of the molecule is CC(=O)C1CCC(c2cccc(O)c2)=CC1=O.Cc1nn(-c2ccc(S(=O)(=O)n3c(C)ccc3C)cc2)c2c1CCC(c1cccc(O)c1)=C2. The molecule has 7 rings (SSSR count). The van der Waals surface area contributed by atoms with Gasteiger partial charge in [0.2, 0.25) is 0 Å². The Balaban J connectivity index is 0.000000214. The number of carbonyl (C=O) groups excluding carboxylic acids is 2. The molecule has 2 aliphatic carbocycles. The zero-order valence-corrected chi connectivity index (χ0v) is 29.2. The van der Waals surface area contributed by atoms with Crippen molar-refractivity contribution in [3.63, 3.8) is 0 Å². The third-order valence-electron chi connectivity index (χ3n) is 9.29. The maximum absolute atomic E-state index is 13.2. The van der Waals surface area contributed by atoms with Crippen molar-refractivity contribution in [2.24, 2.45) is 5.92 Å². The topological polar surface area (TPSA) is 131 Å². The molecule has 0 saturated heterocycles. The number of allylic oxidation sites excluding steroid dienone is 3. The molecule has 0 spiro atoms. The van der Waals surface area contributed by atoms with E-state index >= 15 is 0 Å². The number of aromatic hydroxyl groups is 2. The second-order valence-electron chi connectivity index (χ2n) is 12.8. The molecule has 2 heterocycles. The lowest BCUT2D eigenvalue weighted by Gasteiger charge is -2.18. The van der Waals surface area contributed by atoms with Gasteiger partial charge in [-0.2, -0.15) is 5.10 Å². The van der Waals surface area contributed by atoms with Crippen LogP contribution in [0.5, 0.6) is 11.5 Å². The molecule has 2 N–H and O–H groups in total. The fourth-order valence-corrected chi connectivity index (χ4v) is 8.25. The fraction of sp³-hybridized carbons (Fsp3) is 0.225. The molecule has 2 aromatic heterocycles. The van der Waals surface area contributed by atoms with Gasteiger partial charge in [0.25, 0.3) is 10.0 Å². The first-order valence-electron chi connectivity index (χ1n) is 16.5. The minimum Gasteiger partial charge on any atom is -0.508 e. The van der Waals surface area contributed by atoms with Gasteiger partial charge in [-0.1, -0.05) is 24.3 Å². The van der Waals surface area contributed by atoms with Crippen LogP contribution in [0, 0.1) is 26.7 Å². The number of Topliss-reactive ketones (excluding diaryl/α,β-unsaturated/α-hetero) is 1. The van der Waals surface area contributed by atoms with E-state index in [9.17, 15) is 28.2 Å². The highest BCUT2D eigenvalue weighted by Crippen LogP contribution is 2.35. The molecular weight excluding hydrogens is 651 g/mol. The number of fused-ring (bicyclic) bond motifs is 1. The second kappa shape index (κ2) is 13.8. The molecule has 10 heteroatoms. The highest BCUT2D eigenvalue weighted by Gasteiger charge is 2.27. The second-order valence-corrected chi connectivity index (χ2v) is 14.6. The molecule has 0 fully saturated rings. The van der Waals surface area contributed by atoms with Crippen molar-refractivity contribution < 1.29 is 28.2 Å². The monoisotopic (exact) mass is 689 g/mol. The van der Waals surface area contributed by atoms with Crippen molar-refractivity contribution in [3.05, 3.63) is 130 Å². The van der Waals surface area contributed by atoms with Crippen LogP contribution in [0.15, 0.2) is 95.9 Å². The van der Waals surface area contributed by atoms with Gasteiger partial charge in [0.05, 0.1) is 27.9 Å². The van der Waals surface area contributed by atoms with E-state index in [4.69, 9.17) is 5.10 Å². The maximum atomic E-state index is 13.2. The number of phenols is 2. The number of rotatable bonds is 6. The Bertz CT molecular complexity index is 2270. The van der Waals surface area contributed by atoms with Gasteiger partial charge in [-0.3, -0.25) is 9.59 Å². The number of carbonyl (C=O) groups is 2. The quantitative estimate of drug-likeness (QED) is 0.178. The van der Waals surface area contributed by atoms with Crippen LogP contribution in [0.2, 0.25) is 0 Å². The van der Waals surface area contributed by atoms with Crippen LogP contribution >= 0.6 is 0 Å². The molecule has 256 valence electrons. The molecule has 3 aromatic carbocycles. The molecular formula is C40H39N3O6S. The van der Waals surface area contributed by atoms with E-state index in [0.717, 1.165) is 52.2 Å². The molecule has 1 unspecified atom stereocenters. The number of aryl methyl sites for hydroxylation is 3. The van der Waals surface area contributed by atoms with Gasteiger partial charge in [0, 0.05) is 17.0 Å². The van der Waals surface area contributed by atoms with Gasteiger partial charge >= 0.3 is 0 Å². The highest BCUT2D eigenvalue weighted by molar-refractivity contribution is 7.90. The molecule has 2 aliphatic rings. The Kier molecular flexibility index (Phi) is 9.49. The summed E-state index contributed by atoms with van der Waals surface area (Å²) in [5.74, 6) is -0.238. The van der Waals surface area contributed by atoms with Crippen LogP contribution < -0.4 is 0 Å². The van der Waals surface area contributed by atoms with Crippen LogP contribution in [0.1, 0.15) is 65.7 Å². The molecule has 0 aliphatic heterocycles. The summed E-state index contributed by atoms with van der Waals surface area (Å²) in [7, 11) is -3.67. The van der Waals surface area contributed by atoms with Crippen LogP contribution in [0.25, 0.3) is 22.9 Å². The molecule has 0 radical (unpaired) electrons.